The summed E-state index contributed by atoms with van der Waals surface area (Å²) in [5.41, 5.74) is 0.0744. The summed E-state index contributed by atoms with van der Waals surface area (Å²) in [7, 11) is 0. The van der Waals surface area contributed by atoms with Crippen LogP contribution in [0.3, 0.4) is 0 Å². The van der Waals surface area contributed by atoms with E-state index in [2.05, 4.69) is 22.2 Å². The van der Waals surface area contributed by atoms with Gasteiger partial charge in [0, 0.05) is 17.8 Å². The zero-order valence-corrected chi connectivity index (χ0v) is 18.3. The topological polar surface area (TPSA) is 94.5 Å². The molecule has 29 heavy (non-hydrogen) atoms. The smallest absolute Gasteiger partial charge is 0.423 e. The number of anilines is 1. The van der Waals surface area contributed by atoms with Gasteiger partial charge in [0.2, 0.25) is 5.95 Å². The Labute approximate surface area is 177 Å². The molecule has 2 N–H and O–H groups in total. The minimum atomic E-state index is -0.800. The maximum atomic E-state index is 13.4. The number of nitrogens with zero attached hydrogens (tertiary/aromatic N) is 2. The first kappa shape index (κ1) is 21.4. The molecule has 0 bridgehead atoms. The second-order valence-electron chi connectivity index (χ2n) is 6.85. The summed E-state index contributed by atoms with van der Waals surface area (Å²) < 4.78 is 12.0. The van der Waals surface area contributed by atoms with Gasteiger partial charge in [0.05, 0.1) is 24.2 Å². The first-order valence-electron chi connectivity index (χ1n) is 9.37. The van der Waals surface area contributed by atoms with E-state index in [0.717, 1.165) is 21.4 Å². The van der Waals surface area contributed by atoms with Crippen LogP contribution in [0.1, 0.15) is 37.6 Å². The van der Waals surface area contributed by atoms with Crippen LogP contribution in [0.2, 0.25) is 0 Å². The number of hydrogen-bond donors (Lipinski definition) is 2. The van der Waals surface area contributed by atoms with E-state index in [4.69, 9.17) is 21.7 Å². The van der Waals surface area contributed by atoms with E-state index in [9.17, 15) is 9.59 Å². The lowest BCUT2D eigenvalue weighted by molar-refractivity contribution is -0.0543. The van der Waals surface area contributed by atoms with Crippen molar-refractivity contribution in [3.05, 3.63) is 33.4 Å². The van der Waals surface area contributed by atoms with Crippen LogP contribution in [0.4, 0.5) is 10.7 Å². The minimum Gasteiger partial charge on any atom is -0.449 e. The Bertz CT molecular complexity index is 1030. The molecule has 0 fully saturated rings. The molecule has 156 valence electrons. The molecule has 0 aromatic carbocycles. The maximum absolute atomic E-state index is 13.4. The molecule has 1 aliphatic rings. The van der Waals surface area contributed by atoms with Crippen molar-refractivity contribution in [1.29, 1.82) is 0 Å². The normalized spacial score (nSPS) is 18.2. The molecule has 0 saturated carbocycles. The van der Waals surface area contributed by atoms with Crippen molar-refractivity contribution in [2.45, 2.75) is 45.8 Å². The van der Waals surface area contributed by atoms with Crippen LogP contribution >= 0.6 is 23.6 Å². The van der Waals surface area contributed by atoms with Gasteiger partial charge in [-0.1, -0.05) is 13.0 Å². The largest absolute Gasteiger partial charge is 0.449 e. The van der Waals surface area contributed by atoms with Crippen LogP contribution in [0.15, 0.2) is 17.4 Å². The molecule has 1 unspecified atom stereocenters. The van der Waals surface area contributed by atoms with E-state index in [1.54, 1.807) is 13.0 Å². The third kappa shape index (κ3) is 4.19. The molecule has 1 atom stereocenters. The Hall–Kier alpha value is -2.30. The average molecular weight is 437 g/mol. The average Bonchev–Trinajstić information content (AvgIpc) is 3.04. The number of fused-ring (bicyclic) bond motifs is 3. The van der Waals surface area contributed by atoms with Gasteiger partial charge in [-0.25, -0.2) is 9.78 Å². The predicted molar refractivity (Wildman–Crippen MR) is 118 cm³/mol. The third-order valence-electron chi connectivity index (χ3n) is 4.84. The number of hydrogen-bond acceptors (Lipinski definition) is 7. The minimum absolute atomic E-state index is 0.0141. The highest BCUT2D eigenvalue weighted by Crippen LogP contribution is 2.38. The lowest BCUT2D eigenvalue weighted by Gasteiger charge is -2.32. The highest BCUT2D eigenvalue weighted by Gasteiger charge is 2.34. The van der Waals surface area contributed by atoms with E-state index >= 15 is 0 Å². The van der Waals surface area contributed by atoms with Crippen molar-refractivity contribution >= 4 is 50.9 Å². The molecule has 3 rings (SSSR count). The van der Waals surface area contributed by atoms with Gasteiger partial charge in [0.1, 0.15) is 4.83 Å². The zero-order valence-electron chi connectivity index (χ0n) is 16.7. The van der Waals surface area contributed by atoms with Gasteiger partial charge < -0.3 is 20.1 Å². The van der Waals surface area contributed by atoms with Crippen LogP contribution in [-0.2, 0) is 22.5 Å². The number of carbonyl (C=O) groups excluding carboxylic acids is 1. The molecule has 2 aromatic heterocycles. The summed E-state index contributed by atoms with van der Waals surface area (Å²) in [4.78, 5) is 31.9. The predicted octanol–water partition coefficient (Wildman–Crippen LogP) is 3.18. The van der Waals surface area contributed by atoms with Crippen molar-refractivity contribution < 1.29 is 14.3 Å². The van der Waals surface area contributed by atoms with Crippen LogP contribution in [0.5, 0.6) is 0 Å². The lowest BCUT2D eigenvalue weighted by atomic mass is 9.90. The third-order valence-corrected chi connectivity index (χ3v) is 6.19. The number of ether oxygens (including phenoxy) is 2. The first-order valence-corrected chi connectivity index (χ1v) is 10.6. The Morgan fingerprint density at radius 1 is 1.52 bits per heavy atom. The molecule has 0 aliphatic carbocycles. The second-order valence-corrected chi connectivity index (χ2v) is 8.34. The molecule has 10 heteroatoms. The van der Waals surface area contributed by atoms with Gasteiger partial charge in [-0.15, -0.1) is 17.9 Å². The summed E-state index contributed by atoms with van der Waals surface area (Å²) in [6, 6.07) is 0. The number of thiocarbonyl (C=S) groups is 1. The summed E-state index contributed by atoms with van der Waals surface area (Å²) in [5.74, 6) is 0.0141. The van der Waals surface area contributed by atoms with Crippen molar-refractivity contribution in [2.24, 2.45) is 0 Å². The number of nitrogens with one attached hydrogen (secondary N) is 2. The van der Waals surface area contributed by atoms with Crippen molar-refractivity contribution in [2.75, 3.05) is 18.5 Å². The molecule has 3 heterocycles. The van der Waals surface area contributed by atoms with E-state index in [1.165, 1.54) is 11.3 Å². The molecule has 0 amide bonds. The highest BCUT2D eigenvalue weighted by molar-refractivity contribution is 7.80. The van der Waals surface area contributed by atoms with Crippen LogP contribution in [0, 0.1) is 0 Å². The standard InChI is InChI=1S/C19H24N4O4S2/c1-5-8-20-17(28)22-16-21-14-13(15(24)23(16)18(25)26-7-3)11-9-19(4,6-2)27-10-12(11)29-14/h5H,1,6-10H2,2-4H3,(H2,20,21,22,28). The summed E-state index contributed by atoms with van der Waals surface area (Å²) in [6.45, 7) is 10.3. The van der Waals surface area contributed by atoms with Gasteiger partial charge in [-0.2, -0.15) is 4.57 Å². The molecule has 1 aliphatic heterocycles. The molecule has 0 radical (unpaired) electrons. The van der Waals surface area contributed by atoms with Crippen molar-refractivity contribution in [1.82, 2.24) is 14.9 Å². The number of rotatable bonds is 5. The number of aromatic nitrogens is 2. The fraction of sp³-hybridized carbons (Fsp3) is 0.474. The quantitative estimate of drug-likeness (QED) is 0.545. The van der Waals surface area contributed by atoms with Crippen LogP contribution in [-0.4, -0.2) is 39.5 Å². The highest BCUT2D eigenvalue weighted by atomic mass is 32.1. The SMILES string of the molecule is C=CCNC(=S)Nc1nc2sc3c(c2c(=O)n1C(=O)OCC)CC(C)(CC)OC3. The van der Waals surface area contributed by atoms with Crippen molar-refractivity contribution in [3.63, 3.8) is 0 Å². The molecule has 2 aromatic rings. The first-order chi connectivity index (χ1) is 13.8. The zero-order chi connectivity index (χ0) is 21.2. The maximum Gasteiger partial charge on any atom is 0.423 e. The molecular weight excluding hydrogens is 412 g/mol. The summed E-state index contributed by atoms with van der Waals surface area (Å²) in [5, 5.41) is 6.38. The Morgan fingerprint density at radius 3 is 2.93 bits per heavy atom. The molecular formula is C19H24N4O4S2. The van der Waals surface area contributed by atoms with Gasteiger partial charge in [0.25, 0.3) is 5.56 Å². The molecule has 0 spiro atoms. The fourth-order valence-electron chi connectivity index (χ4n) is 3.10. The van der Waals surface area contributed by atoms with Gasteiger partial charge in [-0.05, 0) is 38.0 Å². The Morgan fingerprint density at radius 2 is 2.28 bits per heavy atom. The second kappa shape index (κ2) is 8.60. The van der Waals surface area contributed by atoms with Crippen LogP contribution < -0.4 is 16.2 Å². The van der Waals surface area contributed by atoms with Gasteiger partial charge in [-0.3, -0.25) is 4.79 Å². The van der Waals surface area contributed by atoms with Gasteiger partial charge >= 0.3 is 6.09 Å². The summed E-state index contributed by atoms with van der Waals surface area (Å²) in [6.07, 6.45) is 2.24. The number of carbonyl (C=O) groups is 1. The lowest BCUT2D eigenvalue weighted by Crippen LogP contribution is -2.37. The molecule has 0 saturated heterocycles. The van der Waals surface area contributed by atoms with Gasteiger partial charge in [0.15, 0.2) is 5.11 Å². The fourth-order valence-corrected chi connectivity index (χ4v) is 4.37. The Balaban J connectivity index is 2.15. The van der Waals surface area contributed by atoms with Crippen LogP contribution in [0.25, 0.3) is 10.2 Å². The summed E-state index contributed by atoms with van der Waals surface area (Å²) >= 11 is 6.61. The monoisotopic (exact) mass is 436 g/mol. The Kier molecular flexibility index (Phi) is 6.35. The number of thiophene rings is 1. The van der Waals surface area contributed by atoms with E-state index < -0.39 is 11.7 Å². The van der Waals surface area contributed by atoms with E-state index in [1.807, 2.05) is 13.8 Å². The van der Waals surface area contributed by atoms with E-state index in [-0.39, 0.29) is 23.3 Å². The molecule has 8 nitrogen and oxygen atoms in total. The van der Waals surface area contributed by atoms with E-state index in [0.29, 0.717) is 29.8 Å². The van der Waals surface area contributed by atoms with Crippen molar-refractivity contribution in [3.8, 4) is 0 Å².